The first kappa shape index (κ1) is 10.4. The highest BCUT2D eigenvalue weighted by Gasteiger charge is 2.44. The summed E-state index contributed by atoms with van der Waals surface area (Å²) in [6.45, 7) is 1.09. The van der Waals surface area contributed by atoms with Gasteiger partial charge in [0.2, 0.25) is 0 Å². The van der Waals surface area contributed by atoms with E-state index in [4.69, 9.17) is 0 Å². The lowest BCUT2D eigenvalue weighted by Gasteiger charge is -2.33. The number of nitrogens with one attached hydrogen (secondary N) is 2. The van der Waals surface area contributed by atoms with Gasteiger partial charge in [-0.25, -0.2) is 0 Å². The van der Waals surface area contributed by atoms with E-state index in [0.29, 0.717) is 30.8 Å². The molecule has 17 heavy (non-hydrogen) atoms. The quantitative estimate of drug-likeness (QED) is 0.454. The first-order valence-corrected chi connectivity index (χ1v) is 5.54. The van der Waals surface area contributed by atoms with Gasteiger partial charge in [0.15, 0.2) is 11.5 Å². The fourth-order valence-corrected chi connectivity index (χ4v) is 2.58. The number of aromatic hydroxyl groups is 1. The summed E-state index contributed by atoms with van der Waals surface area (Å²) in [6.07, 6.45) is 0.456. The molecule has 0 radical (unpaired) electrons. The van der Waals surface area contributed by atoms with Gasteiger partial charge in [0.05, 0.1) is 5.54 Å². The minimum absolute atomic E-state index is 0.0550. The molecule has 5 heteroatoms. The lowest BCUT2D eigenvalue weighted by molar-refractivity contribution is 0.259. The van der Waals surface area contributed by atoms with E-state index < -0.39 is 5.54 Å². The SMILES string of the molecule is OC1=C(O)C2(CNCN2)Cc2c(O)cccc21. The second-order valence-electron chi connectivity index (χ2n) is 4.54. The minimum atomic E-state index is -0.698. The van der Waals surface area contributed by atoms with Crippen LogP contribution in [0.25, 0.3) is 5.76 Å². The number of phenols is 1. The highest BCUT2D eigenvalue weighted by molar-refractivity contribution is 5.71. The van der Waals surface area contributed by atoms with E-state index in [1.807, 2.05) is 0 Å². The molecule has 2 aliphatic rings. The van der Waals surface area contributed by atoms with Crippen molar-refractivity contribution in [1.82, 2.24) is 10.6 Å². The Kier molecular flexibility index (Phi) is 2.08. The van der Waals surface area contributed by atoms with Gasteiger partial charge in [0.1, 0.15) is 5.75 Å². The zero-order valence-electron chi connectivity index (χ0n) is 9.20. The lowest BCUT2D eigenvalue weighted by Crippen LogP contribution is -2.49. The number of phenolic OH excluding ortho intramolecular Hbond substituents is 1. The van der Waals surface area contributed by atoms with Crippen LogP contribution in [0.3, 0.4) is 0 Å². The van der Waals surface area contributed by atoms with Crippen LogP contribution in [0.15, 0.2) is 24.0 Å². The lowest BCUT2D eigenvalue weighted by atomic mass is 9.81. The van der Waals surface area contributed by atoms with Crippen LogP contribution in [-0.2, 0) is 6.42 Å². The zero-order valence-corrected chi connectivity index (χ0v) is 9.20. The van der Waals surface area contributed by atoms with Crippen LogP contribution in [0.4, 0.5) is 0 Å². The molecule has 90 valence electrons. The first-order chi connectivity index (χ1) is 8.14. The summed E-state index contributed by atoms with van der Waals surface area (Å²) in [7, 11) is 0. The summed E-state index contributed by atoms with van der Waals surface area (Å²) in [5.74, 6) is -0.0615. The molecule has 1 heterocycles. The molecule has 1 aromatic rings. The molecule has 1 aliphatic carbocycles. The summed E-state index contributed by atoms with van der Waals surface area (Å²) in [5.41, 5.74) is 0.469. The topological polar surface area (TPSA) is 84.8 Å². The third-order valence-corrected chi connectivity index (χ3v) is 3.54. The van der Waals surface area contributed by atoms with E-state index in [1.54, 1.807) is 18.2 Å². The van der Waals surface area contributed by atoms with E-state index >= 15 is 0 Å². The van der Waals surface area contributed by atoms with E-state index in [-0.39, 0.29) is 17.3 Å². The summed E-state index contributed by atoms with van der Waals surface area (Å²) in [5, 5.41) is 36.2. The van der Waals surface area contributed by atoms with E-state index in [2.05, 4.69) is 10.6 Å². The second kappa shape index (κ2) is 3.38. The normalized spacial score (nSPS) is 27.5. The summed E-state index contributed by atoms with van der Waals surface area (Å²) in [4.78, 5) is 0. The molecule has 0 aromatic heterocycles. The first-order valence-electron chi connectivity index (χ1n) is 5.54. The Morgan fingerprint density at radius 2 is 2.00 bits per heavy atom. The van der Waals surface area contributed by atoms with Crippen molar-refractivity contribution < 1.29 is 15.3 Å². The fraction of sp³-hybridized carbons (Fsp3) is 0.333. The largest absolute Gasteiger partial charge is 0.508 e. The smallest absolute Gasteiger partial charge is 0.162 e. The highest BCUT2D eigenvalue weighted by Crippen LogP contribution is 2.39. The van der Waals surface area contributed by atoms with Crippen molar-refractivity contribution in [2.75, 3.05) is 13.2 Å². The molecule has 1 fully saturated rings. The molecule has 5 N–H and O–H groups in total. The van der Waals surface area contributed by atoms with Gasteiger partial charge in [0.25, 0.3) is 0 Å². The number of hydrogen-bond donors (Lipinski definition) is 5. The van der Waals surface area contributed by atoms with Crippen LogP contribution in [0.5, 0.6) is 5.75 Å². The highest BCUT2D eigenvalue weighted by atomic mass is 16.3. The maximum Gasteiger partial charge on any atom is 0.162 e. The number of rotatable bonds is 0. The molecule has 0 amide bonds. The number of benzene rings is 1. The monoisotopic (exact) mass is 234 g/mol. The van der Waals surface area contributed by atoms with Crippen molar-refractivity contribution in [3.63, 3.8) is 0 Å². The molecule has 1 unspecified atom stereocenters. The second-order valence-corrected chi connectivity index (χ2v) is 4.54. The Labute approximate surface area is 98.4 Å². The van der Waals surface area contributed by atoms with Crippen molar-refractivity contribution in [2.45, 2.75) is 12.0 Å². The average Bonchev–Trinajstić information content (AvgIpc) is 2.78. The van der Waals surface area contributed by atoms with Gasteiger partial charge in [-0.2, -0.15) is 0 Å². The fourth-order valence-electron chi connectivity index (χ4n) is 2.58. The van der Waals surface area contributed by atoms with Gasteiger partial charge in [-0.15, -0.1) is 0 Å². The number of hydrogen-bond acceptors (Lipinski definition) is 5. The van der Waals surface area contributed by atoms with Crippen LogP contribution >= 0.6 is 0 Å². The van der Waals surface area contributed by atoms with Crippen molar-refractivity contribution in [3.8, 4) is 5.75 Å². The van der Waals surface area contributed by atoms with Crippen molar-refractivity contribution in [1.29, 1.82) is 0 Å². The Bertz CT molecular complexity index is 504. The minimum Gasteiger partial charge on any atom is -0.508 e. The number of aliphatic hydroxyl groups is 2. The molecule has 1 saturated heterocycles. The Morgan fingerprint density at radius 3 is 2.71 bits per heavy atom. The molecular weight excluding hydrogens is 220 g/mol. The van der Waals surface area contributed by atoms with Crippen LogP contribution in [0.2, 0.25) is 0 Å². The average molecular weight is 234 g/mol. The van der Waals surface area contributed by atoms with E-state index in [0.717, 1.165) is 0 Å². The predicted octanol–water partition coefficient (Wildman–Crippen LogP) is 0.622. The third-order valence-electron chi connectivity index (χ3n) is 3.54. The number of aliphatic hydroxyl groups excluding tert-OH is 2. The Balaban J connectivity index is 2.19. The van der Waals surface area contributed by atoms with Crippen molar-refractivity contribution >= 4 is 5.76 Å². The standard InChI is InChI=1S/C12H14N2O3/c15-9-3-1-2-7-8(9)4-12(5-13-6-14-12)11(17)10(7)16/h1-3,13-17H,4-6H2. The molecule has 3 rings (SSSR count). The van der Waals surface area contributed by atoms with Gasteiger partial charge >= 0.3 is 0 Å². The molecule has 1 aromatic carbocycles. The van der Waals surface area contributed by atoms with Gasteiger partial charge in [-0.05, 0) is 6.07 Å². The number of fused-ring (bicyclic) bond motifs is 1. The van der Waals surface area contributed by atoms with Gasteiger partial charge in [0, 0.05) is 30.8 Å². The predicted molar refractivity (Wildman–Crippen MR) is 62.7 cm³/mol. The Hall–Kier alpha value is -1.72. The molecular formula is C12H14N2O3. The molecule has 1 atom stereocenters. The molecule has 5 nitrogen and oxygen atoms in total. The summed E-state index contributed by atoms with van der Waals surface area (Å²) in [6, 6.07) is 4.93. The van der Waals surface area contributed by atoms with Gasteiger partial charge < -0.3 is 20.6 Å². The van der Waals surface area contributed by atoms with E-state index in [9.17, 15) is 15.3 Å². The zero-order chi connectivity index (χ0) is 12.0. The Morgan fingerprint density at radius 1 is 1.18 bits per heavy atom. The third kappa shape index (κ3) is 1.33. The summed E-state index contributed by atoms with van der Waals surface area (Å²) >= 11 is 0. The van der Waals surface area contributed by atoms with E-state index in [1.165, 1.54) is 0 Å². The molecule has 0 bridgehead atoms. The summed E-state index contributed by atoms with van der Waals surface area (Å²) < 4.78 is 0. The van der Waals surface area contributed by atoms with Crippen LogP contribution in [-0.4, -0.2) is 34.1 Å². The van der Waals surface area contributed by atoms with Gasteiger partial charge in [-0.3, -0.25) is 5.32 Å². The van der Waals surface area contributed by atoms with Gasteiger partial charge in [-0.1, -0.05) is 12.1 Å². The molecule has 1 aliphatic heterocycles. The maximum absolute atomic E-state index is 10.1. The van der Waals surface area contributed by atoms with Crippen molar-refractivity contribution in [2.24, 2.45) is 0 Å². The molecule has 0 saturated carbocycles. The van der Waals surface area contributed by atoms with Crippen LogP contribution < -0.4 is 10.6 Å². The van der Waals surface area contributed by atoms with Crippen LogP contribution in [0, 0.1) is 0 Å². The van der Waals surface area contributed by atoms with Crippen LogP contribution in [0.1, 0.15) is 11.1 Å². The van der Waals surface area contributed by atoms with Crippen molar-refractivity contribution in [3.05, 3.63) is 35.1 Å². The maximum atomic E-state index is 10.1. The molecule has 1 spiro atoms.